The van der Waals surface area contributed by atoms with Crippen molar-refractivity contribution < 1.29 is 22.7 Å². The minimum Gasteiger partial charge on any atom is -0.495 e. The molecule has 0 saturated heterocycles. The van der Waals surface area contributed by atoms with E-state index in [4.69, 9.17) is 4.74 Å². The second kappa shape index (κ2) is 10.3. The molecule has 11 heteroatoms. The number of hydrogen-bond acceptors (Lipinski definition) is 6. The molecule has 196 valence electrons. The average Bonchev–Trinajstić information content (AvgIpc) is 3.61. The molecule has 1 amide bonds. The van der Waals surface area contributed by atoms with Crippen LogP contribution in [0.1, 0.15) is 39.9 Å². The first-order chi connectivity index (χ1) is 18.2. The zero-order chi connectivity index (χ0) is 26.9. The first-order valence-corrected chi connectivity index (χ1v) is 12.0. The molecule has 1 fully saturated rings. The van der Waals surface area contributed by atoms with Crippen LogP contribution in [0.4, 0.5) is 18.9 Å². The quantitative estimate of drug-likeness (QED) is 0.332. The molecule has 0 aliphatic heterocycles. The molecule has 2 aromatic heterocycles. The van der Waals surface area contributed by atoms with Crippen LogP contribution in [-0.2, 0) is 12.7 Å². The van der Waals surface area contributed by atoms with Crippen molar-refractivity contribution in [1.82, 2.24) is 25.3 Å². The molecule has 1 saturated carbocycles. The van der Waals surface area contributed by atoms with Gasteiger partial charge in [0.25, 0.3) is 5.91 Å². The summed E-state index contributed by atoms with van der Waals surface area (Å²) in [5, 5.41) is 14.2. The summed E-state index contributed by atoms with van der Waals surface area (Å²) in [5.41, 5.74) is 2.68. The Bertz CT molecular complexity index is 1480. The number of methoxy groups -OCH3 is 1. The van der Waals surface area contributed by atoms with Gasteiger partial charge in [0.15, 0.2) is 0 Å². The Kier molecular flexibility index (Phi) is 6.85. The molecule has 8 nitrogen and oxygen atoms in total. The summed E-state index contributed by atoms with van der Waals surface area (Å²) in [6, 6.07) is 10.7. The fourth-order valence-corrected chi connectivity index (χ4v) is 3.96. The van der Waals surface area contributed by atoms with Crippen molar-refractivity contribution >= 4 is 11.6 Å². The Morgan fingerprint density at radius 1 is 1.13 bits per heavy atom. The van der Waals surface area contributed by atoms with E-state index in [0.717, 1.165) is 30.5 Å². The summed E-state index contributed by atoms with van der Waals surface area (Å²) in [4.78, 5) is 17.2. The van der Waals surface area contributed by atoms with E-state index in [9.17, 15) is 18.0 Å². The number of pyridine rings is 1. The third kappa shape index (κ3) is 5.83. The maximum atomic E-state index is 13.5. The highest BCUT2D eigenvalue weighted by atomic mass is 19.4. The molecule has 1 aliphatic rings. The number of aryl methyl sites for hydroxylation is 1. The number of hydrogen-bond donors (Lipinski definition) is 2. The van der Waals surface area contributed by atoms with E-state index in [-0.39, 0.29) is 11.3 Å². The lowest BCUT2D eigenvalue weighted by atomic mass is 10.1. The van der Waals surface area contributed by atoms with Crippen molar-refractivity contribution in [2.24, 2.45) is 0 Å². The van der Waals surface area contributed by atoms with Crippen molar-refractivity contribution in [3.8, 4) is 22.7 Å². The number of aromatic nitrogens is 4. The molecular weight excluding hydrogens is 497 g/mol. The molecule has 0 unspecified atom stereocenters. The van der Waals surface area contributed by atoms with Gasteiger partial charge in [0.05, 0.1) is 30.8 Å². The molecule has 4 aromatic rings. The van der Waals surface area contributed by atoms with Gasteiger partial charge in [0, 0.05) is 35.6 Å². The fourth-order valence-electron chi connectivity index (χ4n) is 3.96. The van der Waals surface area contributed by atoms with Crippen LogP contribution in [0.25, 0.3) is 16.9 Å². The van der Waals surface area contributed by atoms with Gasteiger partial charge in [-0.2, -0.15) is 13.2 Å². The predicted molar refractivity (Wildman–Crippen MR) is 135 cm³/mol. The zero-order valence-corrected chi connectivity index (χ0v) is 20.7. The summed E-state index contributed by atoms with van der Waals surface area (Å²) in [6.07, 6.45) is 2.42. The standard InChI is InChI=1S/C27H25F3N6O2/c1-16-3-4-18(10-25(16)36-15-24(34-35-36)19-9-23(38-2)14-31-13-19)26(37)33-22-8-17(12-32-21-5-6-21)7-20(11-22)27(28,29)30/h3-4,7-11,13-15,21,32H,5-6,12H2,1-2H3,(H,33,37). The van der Waals surface area contributed by atoms with Gasteiger partial charge in [0.1, 0.15) is 11.4 Å². The number of halogens is 3. The number of amides is 1. The number of nitrogens with one attached hydrogen (secondary N) is 2. The van der Waals surface area contributed by atoms with E-state index in [1.807, 2.05) is 6.92 Å². The number of benzene rings is 2. The van der Waals surface area contributed by atoms with Gasteiger partial charge < -0.3 is 15.4 Å². The van der Waals surface area contributed by atoms with Gasteiger partial charge in [-0.25, -0.2) is 4.68 Å². The normalized spacial score (nSPS) is 13.4. The van der Waals surface area contributed by atoms with Crippen LogP contribution in [0.3, 0.4) is 0 Å². The first kappa shape index (κ1) is 25.4. The van der Waals surface area contributed by atoms with Crippen LogP contribution in [0.2, 0.25) is 0 Å². The zero-order valence-electron chi connectivity index (χ0n) is 20.7. The fraction of sp³-hybridized carbons (Fsp3) is 0.259. The maximum Gasteiger partial charge on any atom is 0.416 e. The van der Waals surface area contributed by atoms with E-state index >= 15 is 0 Å². The monoisotopic (exact) mass is 522 g/mol. The van der Waals surface area contributed by atoms with Crippen LogP contribution >= 0.6 is 0 Å². The Labute approximate surface area is 216 Å². The van der Waals surface area contributed by atoms with Gasteiger partial charge in [-0.3, -0.25) is 9.78 Å². The van der Waals surface area contributed by atoms with Crippen molar-refractivity contribution in [3.63, 3.8) is 0 Å². The van der Waals surface area contributed by atoms with Crippen LogP contribution in [-0.4, -0.2) is 39.0 Å². The number of carbonyl (C=O) groups is 1. The summed E-state index contributed by atoms with van der Waals surface area (Å²) in [5.74, 6) is 0.0389. The lowest BCUT2D eigenvalue weighted by molar-refractivity contribution is -0.137. The van der Waals surface area contributed by atoms with Gasteiger partial charge in [0.2, 0.25) is 0 Å². The first-order valence-electron chi connectivity index (χ1n) is 12.0. The molecule has 38 heavy (non-hydrogen) atoms. The maximum absolute atomic E-state index is 13.5. The van der Waals surface area contributed by atoms with E-state index in [1.165, 1.54) is 4.68 Å². The molecule has 1 aliphatic carbocycles. The van der Waals surface area contributed by atoms with Crippen LogP contribution in [0, 0.1) is 6.92 Å². The third-order valence-electron chi connectivity index (χ3n) is 6.21. The van der Waals surface area contributed by atoms with E-state index < -0.39 is 17.6 Å². The number of nitrogens with zero attached hydrogens (tertiary/aromatic N) is 4. The van der Waals surface area contributed by atoms with Gasteiger partial charge in [-0.05, 0) is 67.3 Å². The molecule has 5 rings (SSSR count). The topological polar surface area (TPSA) is 94.0 Å². The molecule has 0 radical (unpaired) electrons. The Morgan fingerprint density at radius 3 is 2.68 bits per heavy atom. The summed E-state index contributed by atoms with van der Waals surface area (Å²) >= 11 is 0. The van der Waals surface area contributed by atoms with Gasteiger partial charge >= 0.3 is 6.18 Å². The number of rotatable bonds is 8. The molecule has 2 aromatic carbocycles. The average molecular weight is 523 g/mol. The van der Waals surface area contributed by atoms with Crippen LogP contribution < -0.4 is 15.4 Å². The molecular formula is C27H25F3N6O2. The number of ether oxygens (including phenoxy) is 1. The Morgan fingerprint density at radius 2 is 1.95 bits per heavy atom. The molecule has 0 spiro atoms. The van der Waals surface area contributed by atoms with Crippen molar-refractivity contribution in [1.29, 1.82) is 0 Å². The molecule has 0 bridgehead atoms. The minimum atomic E-state index is -4.53. The second-order valence-corrected chi connectivity index (χ2v) is 9.19. The number of carbonyl (C=O) groups excluding carboxylic acids is 1. The molecule has 2 heterocycles. The van der Waals surface area contributed by atoms with Crippen molar-refractivity contribution in [2.75, 3.05) is 12.4 Å². The van der Waals surface area contributed by atoms with E-state index in [1.54, 1.807) is 56.0 Å². The largest absolute Gasteiger partial charge is 0.495 e. The number of anilines is 1. The smallest absolute Gasteiger partial charge is 0.416 e. The van der Waals surface area contributed by atoms with E-state index in [2.05, 4.69) is 25.9 Å². The SMILES string of the molecule is COc1cncc(-c2cn(-c3cc(C(=O)Nc4cc(CNC5CC5)cc(C(F)(F)F)c4)ccc3C)nn2)c1. The summed E-state index contributed by atoms with van der Waals surface area (Å²) in [7, 11) is 1.54. The Hall–Kier alpha value is -4.25. The number of alkyl halides is 3. The Balaban J connectivity index is 1.39. The minimum absolute atomic E-state index is 0.0770. The highest BCUT2D eigenvalue weighted by Crippen LogP contribution is 2.33. The van der Waals surface area contributed by atoms with Crippen LogP contribution in [0.15, 0.2) is 61.1 Å². The third-order valence-corrected chi connectivity index (χ3v) is 6.21. The highest BCUT2D eigenvalue weighted by Gasteiger charge is 2.31. The van der Waals surface area contributed by atoms with E-state index in [0.29, 0.717) is 40.8 Å². The van der Waals surface area contributed by atoms with Crippen molar-refractivity contribution in [2.45, 2.75) is 38.5 Å². The molecule has 0 atom stereocenters. The molecule has 2 N–H and O–H groups in total. The summed E-state index contributed by atoms with van der Waals surface area (Å²) < 4.78 is 47.3. The van der Waals surface area contributed by atoms with Gasteiger partial charge in [-0.1, -0.05) is 11.3 Å². The second-order valence-electron chi connectivity index (χ2n) is 9.19. The predicted octanol–water partition coefficient (Wildman–Crippen LogP) is 5.17. The highest BCUT2D eigenvalue weighted by molar-refractivity contribution is 6.04. The summed E-state index contributed by atoms with van der Waals surface area (Å²) in [6.45, 7) is 2.15. The van der Waals surface area contributed by atoms with Crippen molar-refractivity contribution in [3.05, 3.63) is 83.3 Å². The lowest BCUT2D eigenvalue weighted by Crippen LogP contribution is -2.18. The lowest BCUT2D eigenvalue weighted by Gasteiger charge is -2.14. The van der Waals surface area contributed by atoms with Crippen LogP contribution in [0.5, 0.6) is 5.75 Å². The van der Waals surface area contributed by atoms with Gasteiger partial charge in [-0.15, -0.1) is 5.10 Å².